The third-order valence-electron chi connectivity index (χ3n) is 2.95. The molecule has 2 aromatic rings. The number of sulfonamides is 1. The minimum absolute atomic E-state index is 0.00601. The second-order valence-electron chi connectivity index (χ2n) is 4.58. The summed E-state index contributed by atoms with van der Waals surface area (Å²) in [5.74, 6) is 0. The summed E-state index contributed by atoms with van der Waals surface area (Å²) >= 11 is 3.25. The molecule has 2 N–H and O–H groups in total. The minimum Gasteiger partial charge on any atom is -0.384 e. The summed E-state index contributed by atoms with van der Waals surface area (Å²) in [6.07, 6.45) is 0. The Hall–Kier alpha value is -1.97. The predicted molar refractivity (Wildman–Crippen MR) is 90.9 cm³/mol. The molecular weight excluding hydrogens is 386 g/mol. The Bertz CT molecular complexity index is 777. The molecule has 0 unspecified atom stereocenters. The Balaban J connectivity index is 1.84. The third kappa shape index (κ3) is 5.02. The lowest BCUT2D eigenvalue weighted by atomic mass is 10.3. The van der Waals surface area contributed by atoms with Gasteiger partial charge in [0.05, 0.1) is 9.82 Å². The quantitative estimate of drug-likeness (QED) is 0.423. The van der Waals surface area contributed by atoms with Crippen molar-refractivity contribution >= 4 is 37.3 Å². The Morgan fingerprint density at radius 3 is 2.17 bits per heavy atom. The van der Waals surface area contributed by atoms with Crippen LogP contribution in [-0.2, 0) is 10.0 Å². The van der Waals surface area contributed by atoms with E-state index in [4.69, 9.17) is 0 Å². The van der Waals surface area contributed by atoms with Gasteiger partial charge in [-0.2, -0.15) is 0 Å². The highest BCUT2D eigenvalue weighted by Gasteiger charge is 2.12. The van der Waals surface area contributed by atoms with Crippen LogP contribution in [0.2, 0.25) is 0 Å². The number of nitro groups is 1. The number of nitrogens with zero attached hydrogens (tertiary/aromatic N) is 1. The lowest BCUT2D eigenvalue weighted by molar-refractivity contribution is -0.384. The molecule has 2 aromatic carbocycles. The average Bonchev–Trinajstić information content (AvgIpc) is 2.52. The van der Waals surface area contributed by atoms with Gasteiger partial charge in [0, 0.05) is 35.4 Å². The number of benzene rings is 2. The molecule has 0 heterocycles. The number of hydrogen-bond donors (Lipinski definition) is 2. The van der Waals surface area contributed by atoms with Gasteiger partial charge >= 0.3 is 0 Å². The first kappa shape index (κ1) is 17.4. The van der Waals surface area contributed by atoms with Gasteiger partial charge in [-0.1, -0.05) is 15.9 Å². The number of hydrogen-bond acceptors (Lipinski definition) is 5. The van der Waals surface area contributed by atoms with E-state index < -0.39 is 14.9 Å². The van der Waals surface area contributed by atoms with Crippen LogP contribution in [0, 0.1) is 10.1 Å². The summed E-state index contributed by atoms with van der Waals surface area (Å²) in [4.78, 5) is 10.3. The number of halogens is 1. The molecule has 0 bridgehead atoms. The number of nitrogens with one attached hydrogen (secondary N) is 2. The van der Waals surface area contributed by atoms with Crippen LogP contribution in [0.25, 0.3) is 0 Å². The Labute approximate surface area is 142 Å². The lowest BCUT2D eigenvalue weighted by Crippen LogP contribution is -2.28. The number of anilines is 1. The van der Waals surface area contributed by atoms with Crippen molar-refractivity contribution in [3.05, 3.63) is 63.1 Å². The summed E-state index contributed by atoms with van der Waals surface area (Å²) in [5.41, 5.74) is 0.685. The van der Waals surface area contributed by atoms with Crippen LogP contribution in [0.3, 0.4) is 0 Å². The van der Waals surface area contributed by atoms with Crippen molar-refractivity contribution in [3.63, 3.8) is 0 Å². The molecule has 0 aromatic heterocycles. The first-order chi connectivity index (χ1) is 10.9. The van der Waals surface area contributed by atoms with Gasteiger partial charge in [-0.05, 0) is 36.4 Å². The van der Waals surface area contributed by atoms with Crippen LogP contribution < -0.4 is 10.0 Å². The smallest absolute Gasteiger partial charge is 0.269 e. The lowest BCUT2D eigenvalue weighted by Gasteiger charge is -2.09. The van der Waals surface area contributed by atoms with Crippen molar-refractivity contribution in [3.8, 4) is 0 Å². The zero-order chi connectivity index (χ0) is 16.9. The summed E-state index contributed by atoms with van der Waals surface area (Å²) < 4.78 is 27.4. The Morgan fingerprint density at radius 1 is 1.00 bits per heavy atom. The van der Waals surface area contributed by atoms with Crippen molar-refractivity contribution in [1.82, 2.24) is 4.72 Å². The zero-order valence-corrected chi connectivity index (χ0v) is 14.3. The van der Waals surface area contributed by atoms with E-state index in [1.54, 1.807) is 24.3 Å². The van der Waals surface area contributed by atoms with E-state index in [2.05, 4.69) is 26.0 Å². The molecule has 2 rings (SSSR count). The molecule has 0 aliphatic heterocycles. The van der Waals surface area contributed by atoms with Crippen LogP contribution >= 0.6 is 15.9 Å². The number of rotatable bonds is 7. The highest BCUT2D eigenvalue weighted by atomic mass is 79.9. The topological polar surface area (TPSA) is 101 Å². The fourth-order valence-corrected chi connectivity index (χ4v) is 3.09. The SMILES string of the molecule is O=[N+]([O-])c1ccc(NCCNS(=O)(=O)c2ccc(Br)cc2)cc1. The van der Waals surface area contributed by atoms with Gasteiger partial charge in [0.25, 0.3) is 5.69 Å². The molecule has 122 valence electrons. The van der Waals surface area contributed by atoms with Crippen molar-refractivity contribution in [2.75, 3.05) is 18.4 Å². The van der Waals surface area contributed by atoms with Gasteiger partial charge in [0.2, 0.25) is 10.0 Å². The second-order valence-corrected chi connectivity index (χ2v) is 7.27. The van der Waals surface area contributed by atoms with Gasteiger partial charge < -0.3 is 5.32 Å². The molecule has 0 spiro atoms. The fourth-order valence-electron chi connectivity index (χ4n) is 1.79. The summed E-state index contributed by atoms with van der Waals surface area (Å²) in [6, 6.07) is 12.2. The first-order valence-electron chi connectivity index (χ1n) is 6.62. The average molecular weight is 400 g/mol. The zero-order valence-electron chi connectivity index (χ0n) is 11.9. The van der Waals surface area contributed by atoms with Crippen molar-refractivity contribution < 1.29 is 13.3 Å². The molecular formula is C14H14BrN3O4S. The predicted octanol–water partition coefficient (Wildman–Crippen LogP) is 2.75. The monoisotopic (exact) mass is 399 g/mol. The third-order valence-corrected chi connectivity index (χ3v) is 4.95. The molecule has 0 radical (unpaired) electrons. The minimum atomic E-state index is -3.55. The maximum atomic E-state index is 12.0. The molecule has 0 aliphatic rings. The van der Waals surface area contributed by atoms with Gasteiger partial charge in [-0.15, -0.1) is 0 Å². The molecule has 0 fully saturated rings. The maximum Gasteiger partial charge on any atom is 0.269 e. The highest BCUT2D eigenvalue weighted by molar-refractivity contribution is 9.10. The maximum absolute atomic E-state index is 12.0. The normalized spacial score (nSPS) is 11.2. The number of nitro benzene ring substituents is 1. The van der Waals surface area contributed by atoms with E-state index >= 15 is 0 Å². The van der Waals surface area contributed by atoms with E-state index in [0.717, 1.165) is 4.47 Å². The van der Waals surface area contributed by atoms with Crippen LogP contribution in [0.5, 0.6) is 0 Å². The van der Waals surface area contributed by atoms with E-state index in [-0.39, 0.29) is 17.1 Å². The fraction of sp³-hybridized carbons (Fsp3) is 0.143. The number of non-ortho nitro benzene ring substituents is 1. The van der Waals surface area contributed by atoms with Crippen LogP contribution in [0.4, 0.5) is 11.4 Å². The Kier molecular flexibility index (Phi) is 5.69. The molecule has 23 heavy (non-hydrogen) atoms. The van der Waals surface area contributed by atoms with Crippen LogP contribution in [0.1, 0.15) is 0 Å². The molecule has 0 saturated heterocycles. The van der Waals surface area contributed by atoms with Crippen molar-refractivity contribution in [2.24, 2.45) is 0 Å². The molecule has 0 amide bonds. The largest absolute Gasteiger partial charge is 0.384 e. The summed E-state index contributed by atoms with van der Waals surface area (Å²) in [7, 11) is -3.55. The van der Waals surface area contributed by atoms with E-state index in [1.807, 2.05) is 0 Å². The molecule has 0 saturated carbocycles. The van der Waals surface area contributed by atoms with E-state index in [9.17, 15) is 18.5 Å². The van der Waals surface area contributed by atoms with Crippen molar-refractivity contribution in [1.29, 1.82) is 0 Å². The molecule has 0 atom stereocenters. The Morgan fingerprint density at radius 2 is 1.61 bits per heavy atom. The van der Waals surface area contributed by atoms with Gasteiger partial charge in [-0.25, -0.2) is 13.1 Å². The van der Waals surface area contributed by atoms with Crippen LogP contribution in [-0.4, -0.2) is 26.4 Å². The van der Waals surface area contributed by atoms with E-state index in [1.165, 1.54) is 24.3 Å². The molecule has 0 aliphatic carbocycles. The molecule has 7 nitrogen and oxygen atoms in total. The summed E-state index contributed by atoms with van der Waals surface area (Å²) in [5, 5.41) is 13.5. The molecule has 9 heteroatoms. The second kappa shape index (κ2) is 7.53. The van der Waals surface area contributed by atoms with Gasteiger partial charge in [0.1, 0.15) is 0 Å². The van der Waals surface area contributed by atoms with Crippen LogP contribution in [0.15, 0.2) is 57.9 Å². The van der Waals surface area contributed by atoms with Crippen molar-refractivity contribution in [2.45, 2.75) is 4.90 Å². The first-order valence-corrected chi connectivity index (χ1v) is 8.90. The van der Waals surface area contributed by atoms with E-state index in [0.29, 0.717) is 12.2 Å². The van der Waals surface area contributed by atoms with Gasteiger partial charge in [0.15, 0.2) is 0 Å². The summed E-state index contributed by atoms with van der Waals surface area (Å²) in [6.45, 7) is 0.545. The van der Waals surface area contributed by atoms with Gasteiger partial charge in [-0.3, -0.25) is 10.1 Å². The standard InChI is InChI=1S/C14H14BrN3O4S/c15-11-1-7-14(8-2-11)23(21,22)17-10-9-16-12-3-5-13(6-4-12)18(19)20/h1-8,16-17H,9-10H2. The highest BCUT2D eigenvalue weighted by Crippen LogP contribution is 2.16.